The summed E-state index contributed by atoms with van der Waals surface area (Å²) in [7, 11) is 0. The molecule has 1 atom stereocenters. The van der Waals surface area contributed by atoms with Gasteiger partial charge in [0.25, 0.3) is 12.1 Å². The molecule has 1 N–H and O–H groups in total. The number of ether oxygens (including phenoxy) is 1. The van der Waals surface area contributed by atoms with Gasteiger partial charge in [-0.25, -0.2) is 4.79 Å². The van der Waals surface area contributed by atoms with Gasteiger partial charge in [0, 0.05) is 0 Å². The molecule has 0 aromatic heterocycles. The third-order valence-electron chi connectivity index (χ3n) is 1.78. The Balaban J connectivity index is 2.35. The van der Waals surface area contributed by atoms with Crippen LogP contribution in [0.3, 0.4) is 0 Å². The van der Waals surface area contributed by atoms with Crippen molar-refractivity contribution in [1.82, 2.24) is 0 Å². The average Bonchev–Trinajstić information content (AvgIpc) is 2.19. The summed E-state index contributed by atoms with van der Waals surface area (Å²) in [6, 6.07) is 6.92. The second kappa shape index (κ2) is 3.32. The highest BCUT2D eigenvalue weighted by atomic mass is 16.5. The Labute approximate surface area is 79.4 Å². The maximum atomic E-state index is 11.2. The minimum atomic E-state index is -1.12. The lowest BCUT2D eigenvalue weighted by molar-refractivity contribution is -0.123. The van der Waals surface area contributed by atoms with Gasteiger partial charge in [0.2, 0.25) is 6.08 Å². The van der Waals surface area contributed by atoms with Crippen molar-refractivity contribution in [3.63, 3.8) is 0 Å². The van der Waals surface area contributed by atoms with Gasteiger partial charge >= 0.3 is 0 Å². The summed E-state index contributed by atoms with van der Waals surface area (Å²) < 4.78 is 5.14. The fraction of sp³-hybridized carbons (Fsp3) is 0.111. The van der Waals surface area contributed by atoms with Crippen LogP contribution in [0.5, 0.6) is 5.75 Å². The number of amides is 1. The van der Waals surface area contributed by atoms with Crippen LogP contribution in [0.25, 0.3) is 0 Å². The van der Waals surface area contributed by atoms with E-state index in [0.717, 1.165) is 0 Å². The second-order valence-corrected chi connectivity index (χ2v) is 2.68. The Kier molecular flexibility index (Phi) is 2.01. The fourth-order valence-electron chi connectivity index (χ4n) is 1.17. The lowest BCUT2D eigenvalue weighted by atomic mass is 10.2. The van der Waals surface area contributed by atoms with Crippen LogP contribution in [0.2, 0.25) is 0 Å². The Hall–Kier alpha value is -2.13. The molecule has 0 spiro atoms. The first-order valence-corrected chi connectivity index (χ1v) is 3.95. The lowest BCUT2D eigenvalue weighted by Gasteiger charge is -2.21. The molecule has 0 saturated heterocycles. The number of carbonyl (C=O) groups excluding carboxylic acids is 2. The molecular formula is C9H6N2O3. The van der Waals surface area contributed by atoms with E-state index in [9.17, 15) is 9.59 Å². The predicted molar refractivity (Wildman–Crippen MR) is 47.6 cm³/mol. The molecule has 70 valence electrons. The quantitative estimate of drug-likeness (QED) is 0.523. The van der Waals surface area contributed by atoms with Crippen molar-refractivity contribution in [3.8, 4) is 5.75 Å². The number of isocyanates is 1. The van der Waals surface area contributed by atoms with Crippen LogP contribution >= 0.6 is 0 Å². The number of benzene rings is 1. The van der Waals surface area contributed by atoms with E-state index in [1.165, 1.54) is 6.08 Å². The van der Waals surface area contributed by atoms with Crippen molar-refractivity contribution in [2.75, 3.05) is 5.32 Å². The first-order valence-electron chi connectivity index (χ1n) is 3.95. The number of nitrogens with zero attached hydrogens (tertiary/aromatic N) is 1. The first-order chi connectivity index (χ1) is 6.81. The highest BCUT2D eigenvalue weighted by molar-refractivity contribution is 5.97. The minimum Gasteiger partial charge on any atom is -0.456 e. The SMILES string of the molecule is O=C=NC1Oc2ccccc2NC1=O. The smallest absolute Gasteiger partial charge is 0.289 e. The van der Waals surface area contributed by atoms with E-state index in [-0.39, 0.29) is 0 Å². The summed E-state index contributed by atoms with van der Waals surface area (Å²) in [6.45, 7) is 0. The van der Waals surface area contributed by atoms with Gasteiger partial charge in [0.05, 0.1) is 5.69 Å². The molecule has 0 aliphatic carbocycles. The topological polar surface area (TPSA) is 67.8 Å². The third-order valence-corrected chi connectivity index (χ3v) is 1.78. The molecule has 14 heavy (non-hydrogen) atoms. The van der Waals surface area contributed by atoms with Gasteiger partial charge in [0.1, 0.15) is 5.75 Å². The summed E-state index contributed by atoms with van der Waals surface area (Å²) in [5, 5.41) is 2.56. The number of para-hydroxylation sites is 2. The van der Waals surface area contributed by atoms with Gasteiger partial charge in [-0.2, -0.15) is 4.99 Å². The van der Waals surface area contributed by atoms with Gasteiger partial charge in [0.15, 0.2) is 0 Å². The van der Waals surface area contributed by atoms with Crippen LogP contribution in [-0.4, -0.2) is 18.2 Å². The number of nitrogens with one attached hydrogen (secondary N) is 1. The van der Waals surface area contributed by atoms with Crippen LogP contribution in [0.4, 0.5) is 5.69 Å². The summed E-state index contributed by atoms with van der Waals surface area (Å²) >= 11 is 0. The van der Waals surface area contributed by atoms with Crippen molar-refractivity contribution >= 4 is 17.7 Å². The van der Waals surface area contributed by atoms with E-state index in [2.05, 4.69) is 10.3 Å². The van der Waals surface area contributed by atoms with E-state index >= 15 is 0 Å². The molecule has 0 bridgehead atoms. The Morgan fingerprint density at radius 3 is 3.00 bits per heavy atom. The Morgan fingerprint density at radius 1 is 1.43 bits per heavy atom. The van der Waals surface area contributed by atoms with Crippen LogP contribution < -0.4 is 10.1 Å². The standard InChI is InChI=1S/C9H6N2O3/c12-5-10-9-8(13)11-6-3-1-2-4-7(6)14-9/h1-4,9H,(H,11,13). The molecule has 0 saturated carbocycles. The number of rotatable bonds is 1. The van der Waals surface area contributed by atoms with E-state index in [0.29, 0.717) is 11.4 Å². The van der Waals surface area contributed by atoms with Crippen molar-refractivity contribution in [2.24, 2.45) is 4.99 Å². The van der Waals surface area contributed by atoms with Crippen molar-refractivity contribution in [1.29, 1.82) is 0 Å². The molecule has 1 unspecified atom stereocenters. The van der Waals surface area contributed by atoms with E-state index in [4.69, 9.17) is 4.74 Å². The zero-order valence-corrected chi connectivity index (χ0v) is 7.06. The van der Waals surface area contributed by atoms with Crippen LogP contribution in [0.15, 0.2) is 29.3 Å². The van der Waals surface area contributed by atoms with Crippen molar-refractivity contribution < 1.29 is 14.3 Å². The monoisotopic (exact) mass is 190 g/mol. The zero-order valence-electron chi connectivity index (χ0n) is 7.06. The number of fused-ring (bicyclic) bond motifs is 1. The largest absolute Gasteiger partial charge is 0.456 e. The van der Waals surface area contributed by atoms with Gasteiger partial charge in [-0.15, -0.1) is 0 Å². The summed E-state index contributed by atoms with van der Waals surface area (Å²) in [5.41, 5.74) is 0.579. The lowest BCUT2D eigenvalue weighted by Crippen LogP contribution is -2.35. The van der Waals surface area contributed by atoms with Gasteiger partial charge in [-0.05, 0) is 12.1 Å². The van der Waals surface area contributed by atoms with Crippen LogP contribution in [0, 0.1) is 0 Å². The maximum absolute atomic E-state index is 11.2. The molecule has 1 aliphatic rings. The first kappa shape index (κ1) is 8.47. The highest BCUT2D eigenvalue weighted by Gasteiger charge is 2.26. The molecule has 1 heterocycles. The molecule has 2 rings (SSSR count). The predicted octanol–water partition coefficient (Wildman–Crippen LogP) is 0.679. The second-order valence-electron chi connectivity index (χ2n) is 2.68. The number of carbonyl (C=O) groups is 1. The third kappa shape index (κ3) is 1.36. The maximum Gasteiger partial charge on any atom is 0.289 e. The Morgan fingerprint density at radius 2 is 2.21 bits per heavy atom. The normalized spacial score (nSPS) is 18.6. The minimum absolute atomic E-state index is 0.466. The van der Waals surface area contributed by atoms with Gasteiger partial charge < -0.3 is 10.1 Å². The molecule has 0 radical (unpaired) electrons. The molecule has 1 aliphatic heterocycles. The average molecular weight is 190 g/mol. The number of anilines is 1. The number of aliphatic imine (C=N–C) groups is 1. The van der Waals surface area contributed by atoms with Gasteiger partial charge in [-0.3, -0.25) is 4.79 Å². The molecule has 0 fully saturated rings. The molecule has 5 nitrogen and oxygen atoms in total. The van der Waals surface area contributed by atoms with E-state index in [1.807, 2.05) is 0 Å². The molecule has 5 heteroatoms. The zero-order chi connectivity index (χ0) is 9.97. The van der Waals surface area contributed by atoms with E-state index in [1.54, 1.807) is 24.3 Å². The van der Waals surface area contributed by atoms with Crippen LogP contribution in [0.1, 0.15) is 0 Å². The van der Waals surface area contributed by atoms with Gasteiger partial charge in [-0.1, -0.05) is 12.1 Å². The van der Waals surface area contributed by atoms with Crippen molar-refractivity contribution in [2.45, 2.75) is 6.23 Å². The number of hydrogen-bond donors (Lipinski definition) is 1. The molecule has 1 amide bonds. The molecule has 1 aromatic carbocycles. The summed E-state index contributed by atoms with van der Waals surface area (Å²) in [6.07, 6.45) is 0.165. The Bertz CT molecular complexity index is 424. The van der Waals surface area contributed by atoms with Crippen molar-refractivity contribution in [3.05, 3.63) is 24.3 Å². The van der Waals surface area contributed by atoms with Crippen LogP contribution in [-0.2, 0) is 9.59 Å². The van der Waals surface area contributed by atoms with E-state index < -0.39 is 12.1 Å². The fourth-order valence-corrected chi connectivity index (χ4v) is 1.17. The summed E-state index contributed by atoms with van der Waals surface area (Å²) in [5.74, 6) is 0.0307. The number of hydrogen-bond acceptors (Lipinski definition) is 4. The molecular weight excluding hydrogens is 184 g/mol. The summed E-state index contributed by atoms with van der Waals surface area (Å²) in [4.78, 5) is 24.4. The highest BCUT2D eigenvalue weighted by Crippen LogP contribution is 2.28. The molecule has 1 aromatic rings.